The van der Waals surface area contributed by atoms with Gasteiger partial charge >= 0.3 is 11.9 Å². The highest BCUT2D eigenvalue weighted by Crippen LogP contribution is 2.07. The molecule has 1 aromatic carbocycles. The Labute approximate surface area is 214 Å². The molecule has 0 bridgehead atoms. The van der Waals surface area contributed by atoms with Crippen molar-refractivity contribution in [1.29, 1.82) is 0 Å². The van der Waals surface area contributed by atoms with E-state index in [4.69, 9.17) is 22.3 Å². The van der Waals surface area contributed by atoms with Gasteiger partial charge in [0.2, 0.25) is 17.7 Å². The molecule has 1 rings (SSSR count). The molecule has 0 saturated heterocycles. The van der Waals surface area contributed by atoms with Crippen LogP contribution in [-0.4, -0.2) is 76.5 Å². The van der Waals surface area contributed by atoms with Crippen molar-refractivity contribution < 1.29 is 34.2 Å². The maximum absolute atomic E-state index is 13.1. The predicted molar refractivity (Wildman–Crippen MR) is 134 cm³/mol. The van der Waals surface area contributed by atoms with Gasteiger partial charge in [0.25, 0.3) is 0 Å². The number of aliphatic imine (C=N–C) groups is 1. The van der Waals surface area contributed by atoms with Crippen molar-refractivity contribution in [3.05, 3.63) is 35.9 Å². The Hall–Kier alpha value is -4.20. The van der Waals surface area contributed by atoms with E-state index in [1.165, 1.54) is 6.92 Å². The number of nitrogens with two attached hydrogens (primary N) is 3. The molecule has 0 aliphatic carbocycles. The minimum atomic E-state index is -1.38. The Balaban J connectivity index is 3.03. The summed E-state index contributed by atoms with van der Waals surface area (Å²) in [4.78, 5) is 64.7. The average Bonchev–Trinajstić information content (AvgIpc) is 2.82. The van der Waals surface area contributed by atoms with E-state index in [-0.39, 0.29) is 38.2 Å². The molecule has 0 aromatic heterocycles. The van der Waals surface area contributed by atoms with Crippen molar-refractivity contribution in [3.63, 3.8) is 0 Å². The lowest BCUT2D eigenvalue weighted by Crippen LogP contribution is -2.57. The van der Waals surface area contributed by atoms with Crippen molar-refractivity contribution in [2.24, 2.45) is 22.2 Å². The second-order valence-electron chi connectivity index (χ2n) is 8.38. The first-order chi connectivity index (χ1) is 17.4. The zero-order valence-corrected chi connectivity index (χ0v) is 20.6. The van der Waals surface area contributed by atoms with Crippen molar-refractivity contribution >= 4 is 35.6 Å². The normalized spacial score (nSPS) is 13.8. The van der Waals surface area contributed by atoms with E-state index in [2.05, 4.69) is 20.9 Å². The Morgan fingerprint density at radius 3 is 1.97 bits per heavy atom. The highest BCUT2D eigenvalue weighted by molar-refractivity contribution is 5.94. The minimum absolute atomic E-state index is 0.0153. The lowest BCUT2D eigenvalue weighted by atomic mass is 10.0. The number of nitrogens with zero attached hydrogens (tertiary/aromatic N) is 1. The first-order valence-corrected chi connectivity index (χ1v) is 11.6. The van der Waals surface area contributed by atoms with Gasteiger partial charge < -0.3 is 43.4 Å². The Kier molecular flexibility index (Phi) is 13.1. The maximum atomic E-state index is 13.1. The molecule has 1 aromatic rings. The molecule has 3 amide bonds. The number of aliphatic carboxylic acids is 2. The minimum Gasteiger partial charge on any atom is -0.481 e. The number of carboxylic acid groups (broad SMARTS) is 2. The summed E-state index contributed by atoms with van der Waals surface area (Å²) in [7, 11) is 0. The summed E-state index contributed by atoms with van der Waals surface area (Å²) >= 11 is 0. The number of nitrogens with one attached hydrogen (secondary N) is 3. The van der Waals surface area contributed by atoms with E-state index in [1.807, 2.05) is 0 Å². The van der Waals surface area contributed by atoms with Crippen LogP contribution in [-0.2, 0) is 30.4 Å². The third-order valence-corrected chi connectivity index (χ3v) is 5.17. The molecule has 11 N–H and O–H groups in total. The van der Waals surface area contributed by atoms with E-state index in [0.717, 1.165) is 0 Å². The number of guanidine groups is 1. The number of rotatable bonds is 16. The fourth-order valence-electron chi connectivity index (χ4n) is 3.20. The quantitative estimate of drug-likeness (QED) is 0.0676. The Bertz CT molecular complexity index is 965. The second kappa shape index (κ2) is 15.7. The van der Waals surface area contributed by atoms with Gasteiger partial charge in [-0.15, -0.1) is 0 Å². The van der Waals surface area contributed by atoms with Gasteiger partial charge in [-0.1, -0.05) is 30.3 Å². The van der Waals surface area contributed by atoms with Crippen molar-refractivity contribution in [2.45, 2.75) is 63.2 Å². The van der Waals surface area contributed by atoms with Crippen LogP contribution in [0.25, 0.3) is 0 Å². The number of carbonyl (C=O) groups is 5. The average molecular weight is 522 g/mol. The zero-order valence-electron chi connectivity index (χ0n) is 20.6. The molecule has 4 unspecified atom stereocenters. The number of carboxylic acids is 2. The molecule has 0 saturated carbocycles. The summed E-state index contributed by atoms with van der Waals surface area (Å²) in [6.07, 6.45) is -0.494. The molecule has 0 fully saturated rings. The van der Waals surface area contributed by atoms with Crippen molar-refractivity contribution in [3.8, 4) is 0 Å². The van der Waals surface area contributed by atoms with Gasteiger partial charge in [-0.05, 0) is 31.7 Å². The Morgan fingerprint density at radius 2 is 1.43 bits per heavy atom. The summed E-state index contributed by atoms with van der Waals surface area (Å²) in [5.41, 5.74) is 16.8. The smallest absolute Gasteiger partial charge is 0.326 e. The summed E-state index contributed by atoms with van der Waals surface area (Å²) in [5, 5.41) is 25.8. The second-order valence-corrected chi connectivity index (χ2v) is 8.38. The summed E-state index contributed by atoms with van der Waals surface area (Å²) in [6, 6.07) is 4.02. The van der Waals surface area contributed by atoms with Crippen LogP contribution >= 0.6 is 0 Å². The van der Waals surface area contributed by atoms with Crippen LogP contribution in [0.4, 0.5) is 0 Å². The first kappa shape index (κ1) is 30.8. The molecule has 0 spiro atoms. The van der Waals surface area contributed by atoms with Gasteiger partial charge in [0.05, 0.1) is 6.04 Å². The largest absolute Gasteiger partial charge is 0.481 e. The predicted octanol–water partition coefficient (Wildman–Crippen LogP) is -1.97. The molecular weight excluding hydrogens is 486 g/mol. The van der Waals surface area contributed by atoms with Crippen molar-refractivity contribution in [2.75, 3.05) is 6.54 Å². The van der Waals surface area contributed by atoms with Crippen LogP contribution in [0.1, 0.15) is 38.2 Å². The molecule has 14 nitrogen and oxygen atoms in total. The maximum Gasteiger partial charge on any atom is 0.326 e. The van der Waals surface area contributed by atoms with E-state index >= 15 is 0 Å². The number of hydrogen-bond donors (Lipinski definition) is 8. The van der Waals surface area contributed by atoms with E-state index in [1.54, 1.807) is 30.3 Å². The fraction of sp³-hybridized carbons (Fsp3) is 0.478. The van der Waals surface area contributed by atoms with Crippen LogP contribution in [0.3, 0.4) is 0 Å². The van der Waals surface area contributed by atoms with Gasteiger partial charge in [-0.25, -0.2) is 4.79 Å². The standard InChI is InChI=1S/C23H35N7O7/c1-13(24)19(33)30-17(12-14-6-3-2-4-7-14)21(35)28-15(9-10-18(31)32)20(34)29-16(22(36)37)8-5-11-27-23(25)26/h2-4,6-7,13,15-17H,5,8-12,24H2,1H3,(H,28,35)(H,29,34)(H,30,33)(H,31,32)(H,36,37)(H4,25,26,27). The molecule has 0 aliphatic heterocycles. The van der Waals surface area contributed by atoms with Crippen LogP contribution in [0.2, 0.25) is 0 Å². The molecule has 0 heterocycles. The molecule has 0 aliphatic rings. The van der Waals surface area contributed by atoms with Gasteiger partial charge in [-0.2, -0.15) is 0 Å². The molecule has 0 radical (unpaired) electrons. The van der Waals surface area contributed by atoms with Crippen LogP contribution in [0.5, 0.6) is 0 Å². The third-order valence-electron chi connectivity index (χ3n) is 5.17. The fourth-order valence-corrected chi connectivity index (χ4v) is 3.20. The Morgan fingerprint density at radius 1 is 0.865 bits per heavy atom. The molecule has 4 atom stereocenters. The number of hydrogen-bond acceptors (Lipinski definition) is 7. The van der Waals surface area contributed by atoms with Gasteiger partial charge in [0, 0.05) is 19.4 Å². The summed E-state index contributed by atoms with van der Waals surface area (Å²) in [5.74, 6) is -4.95. The van der Waals surface area contributed by atoms with Crippen LogP contribution in [0.15, 0.2) is 35.3 Å². The number of benzene rings is 1. The number of carbonyl (C=O) groups excluding carboxylic acids is 3. The SMILES string of the molecule is CC(N)C(=O)NC(Cc1ccccc1)C(=O)NC(CCC(=O)O)C(=O)NC(CCCN=C(N)N)C(=O)O. The van der Waals surface area contributed by atoms with Gasteiger partial charge in [0.1, 0.15) is 18.1 Å². The van der Waals surface area contributed by atoms with Crippen molar-refractivity contribution in [1.82, 2.24) is 16.0 Å². The lowest BCUT2D eigenvalue weighted by molar-refractivity contribution is -0.143. The lowest BCUT2D eigenvalue weighted by Gasteiger charge is -2.25. The highest BCUT2D eigenvalue weighted by Gasteiger charge is 2.30. The van der Waals surface area contributed by atoms with Crippen LogP contribution < -0.4 is 33.2 Å². The van der Waals surface area contributed by atoms with E-state index in [0.29, 0.717) is 5.56 Å². The summed E-state index contributed by atoms with van der Waals surface area (Å²) in [6.45, 7) is 1.58. The molecular formula is C23H35N7O7. The van der Waals surface area contributed by atoms with Gasteiger partial charge in [-0.3, -0.25) is 24.2 Å². The van der Waals surface area contributed by atoms with Crippen LogP contribution in [0, 0.1) is 0 Å². The topological polar surface area (TPSA) is 252 Å². The van der Waals surface area contributed by atoms with E-state index in [9.17, 15) is 29.1 Å². The first-order valence-electron chi connectivity index (χ1n) is 11.6. The zero-order chi connectivity index (χ0) is 28.0. The highest BCUT2D eigenvalue weighted by atomic mass is 16.4. The monoisotopic (exact) mass is 521 g/mol. The third kappa shape index (κ3) is 12.4. The summed E-state index contributed by atoms with van der Waals surface area (Å²) < 4.78 is 0. The van der Waals surface area contributed by atoms with Gasteiger partial charge in [0.15, 0.2) is 5.96 Å². The number of amides is 3. The molecule has 14 heteroatoms. The molecule has 204 valence electrons. The van der Waals surface area contributed by atoms with E-state index < -0.39 is 60.2 Å². The molecule has 37 heavy (non-hydrogen) atoms.